The van der Waals surface area contributed by atoms with Gasteiger partial charge in [-0.2, -0.15) is 0 Å². The van der Waals surface area contributed by atoms with Crippen LogP contribution in [0.4, 0.5) is 0 Å². The Balaban J connectivity index is 1.91. The molecule has 0 spiro atoms. The normalized spacial score (nSPS) is 30.7. The molecule has 0 aromatic heterocycles. The summed E-state index contributed by atoms with van der Waals surface area (Å²) in [6.45, 7) is 3.04. The molecule has 4 atom stereocenters. The molecule has 2 saturated heterocycles. The number of aryl methyl sites for hydroxylation is 1. The number of carbonyl (C=O) groups is 1. The van der Waals surface area contributed by atoms with E-state index in [1.165, 1.54) is 24.7 Å². The number of piperidine rings is 1. The number of esters is 1. The summed E-state index contributed by atoms with van der Waals surface area (Å²) in [6.07, 6.45) is 5.53. The topological polar surface area (TPSA) is 29.5 Å². The lowest BCUT2D eigenvalue weighted by atomic mass is 9.76. The minimum Gasteiger partial charge on any atom is -0.469 e. The molecule has 23 heavy (non-hydrogen) atoms. The summed E-state index contributed by atoms with van der Waals surface area (Å²) in [5, 5.41) is 0. The van der Waals surface area contributed by atoms with Crippen molar-refractivity contribution >= 4 is 28.6 Å². The summed E-state index contributed by atoms with van der Waals surface area (Å²) in [7, 11) is 1.52. The van der Waals surface area contributed by atoms with Gasteiger partial charge in [-0.25, -0.2) is 0 Å². The zero-order chi connectivity index (χ0) is 16.4. The van der Waals surface area contributed by atoms with E-state index in [9.17, 15) is 4.79 Å². The molecule has 2 bridgehead atoms. The first-order chi connectivity index (χ1) is 11.2. The molecule has 1 aromatic carbocycles. The molecule has 2 aliphatic heterocycles. The van der Waals surface area contributed by atoms with Crippen LogP contribution in [0, 0.1) is 12.8 Å². The monoisotopic (exact) mass is 425 g/mol. The summed E-state index contributed by atoms with van der Waals surface area (Å²) in [5.41, 5.74) is 2.54. The number of methoxy groups -OCH3 is 1. The van der Waals surface area contributed by atoms with Crippen molar-refractivity contribution in [1.29, 1.82) is 0 Å². The Morgan fingerprint density at radius 1 is 1.35 bits per heavy atom. The smallest absolute Gasteiger partial charge is 0.310 e. The van der Waals surface area contributed by atoms with Crippen LogP contribution in [0.5, 0.6) is 0 Å². The van der Waals surface area contributed by atoms with Crippen molar-refractivity contribution in [3.63, 3.8) is 0 Å². The van der Waals surface area contributed by atoms with Gasteiger partial charge in [-0.1, -0.05) is 58.5 Å². The quantitative estimate of drug-likeness (QED) is 0.539. The number of halogens is 1. The number of ether oxygens (including phenoxy) is 1. The van der Waals surface area contributed by atoms with Crippen molar-refractivity contribution in [3.8, 4) is 0 Å². The third-order valence-corrected chi connectivity index (χ3v) is 5.96. The first kappa shape index (κ1) is 17.0. The minimum absolute atomic E-state index is 0.0515. The van der Waals surface area contributed by atoms with E-state index in [1.807, 2.05) is 0 Å². The predicted octanol–water partition coefficient (Wildman–Crippen LogP) is 4.05. The fourth-order valence-corrected chi connectivity index (χ4v) is 4.60. The second-order valence-electron chi connectivity index (χ2n) is 6.66. The van der Waals surface area contributed by atoms with E-state index in [0.29, 0.717) is 12.1 Å². The average Bonchev–Trinajstić information content (AvgIpc) is 2.84. The first-order valence-electron chi connectivity index (χ1n) is 8.31. The Kier molecular flexibility index (Phi) is 5.42. The van der Waals surface area contributed by atoms with Crippen LogP contribution in [0.3, 0.4) is 0 Å². The van der Waals surface area contributed by atoms with Gasteiger partial charge in [-0.15, -0.1) is 0 Å². The molecule has 0 unspecified atom stereocenters. The number of benzene rings is 1. The molecule has 3 rings (SSSR count). The van der Waals surface area contributed by atoms with Crippen LogP contribution in [-0.4, -0.2) is 36.6 Å². The lowest BCUT2D eigenvalue weighted by molar-refractivity contribution is -0.150. The maximum Gasteiger partial charge on any atom is 0.310 e. The molecule has 2 heterocycles. The molecule has 0 saturated carbocycles. The van der Waals surface area contributed by atoms with Crippen LogP contribution < -0.4 is 0 Å². The van der Waals surface area contributed by atoms with Crippen LogP contribution >= 0.6 is 22.6 Å². The molecule has 0 N–H and O–H groups in total. The van der Waals surface area contributed by atoms with Gasteiger partial charge in [0.05, 0.1) is 13.0 Å². The third-order valence-electron chi connectivity index (χ3n) is 5.45. The lowest BCUT2D eigenvalue weighted by Crippen LogP contribution is -2.50. The van der Waals surface area contributed by atoms with E-state index in [0.717, 1.165) is 19.4 Å². The highest BCUT2D eigenvalue weighted by Crippen LogP contribution is 2.47. The Labute approximate surface area is 152 Å². The third kappa shape index (κ3) is 3.33. The number of carbonyl (C=O) groups excluding carboxylic acids is 1. The number of hydrogen-bond donors (Lipinski definition) is 0. The fraction of sp³-hybridized carbons (Fsp3) is 0.526. The summed E-state index contributed by atoms with van der Waals surface area (Å²) in [4.78, 5) is 15.1. The summed E-state index contributed by atoms with van der Waals surface area (Å²) < 4.78 is 7.25. The van der Waals surface area contributed by atoms with Gasteiger partial charge in [0.15, 0.2) is 0 Å². The van der Waals surface area contributed by atoms with Crippen LogP contribution in [-0.2, 0) is 9.53 Å². The zero-order valence-electron chi connectivity index (χ0n) is 13.7. The lowest BCUT2D eigenvalue weighted by Gasteiger charge is -2.43. The largest absolute Gasteiger partial charge is 0.469 e. The van der Waals surface area contributed by atoms with E-state index in [-0.39, 0.29) is 17.8 Å². The van der Waals surface area contributed by atoms with Crippen molar-refractivity contribution in [1.82, 2.24) is 4.90 Å². The fourth-order valence-electron chi connectivity index (χ4n) is 4.37. The molecule has 0 radical (unpaired) electrons. The SMILES string of the molecule is COC(=O)[C@H]1[C@@H](c2ccc(C)cc2)C[C@@H]2CC[C@@H]1N2C/C=C/I. The van der Waals surface area contributed by atoms with E-state index < -0.39 is 0 Å². The highest BCUT2D eigenvalue weighted by molar-refractivity contribution is 14.1. The van der Waals surface area contributed by atoms with Gasteiger partial charge in [0.2, 0.25) is 0 Å². The van der Waals surface area contributed by atoms with E-state index in [2.05, 4.69) is 68.8 Å². The van der Waals surface area contributed by atoms with Gasteiger partial charge in [0.1, 0.15) is 0 Å². The van der Waals surface area contributed by atoms with Gasteiger partial charge in [-0.3, -0.25) is 9.69 Å². The van der Waals surface area contributed by atoms with Gasteiger partial charge in [0.25, 0.3) is 0 Å². The van der Waals surface area contributed by atoms with Crippen LogP contribution in [0.15, 0.2) is 34.4 Å². The van der Waals surface area contributed by atoms with Crippen molar-refractivity contribution in [2.75, 3.05) is 13.7 Å². The molecule has 124 valence electrons. The van der Waals surface area contributed by atoms with E-state index in [1.54, 1.807) is 0 Å². The molecule has 3 nitrogen and oxygen atoms in total. The minimum atomic E-state index is -0.0518. The average molecular weight is 425 g/mol. The number of fused-ring (bicyclic) bond motifs is 2. The van der Waals surface area contributed by atoms with Crippen LogP contribution in [0.2, 0.25) is 0 Å². The highest BCUT2D eigenvalue weighted by Gasteiger charge is 2.50. The van der Waals surface area contributed by atoms with Gasteiger partial charge in [0, 0.05) is 24.5 Å². The van der Waals surface area contributed by atoms with Gasteiger partial charge in [-0.05, 0) is 35.8 Å². The number of rotatable bonds is 4. The van der Waals surface area contributed by atoms with Crippen LogP contribution in [0.25, 0.3) is 0 Å². The molecular formula is C19H24INO2. The Morgan fingerprint density at radius 3 is 2.74 bits per heavy atom. The van der Waals surface area contributed by atoms with Crippen molar-refractivity contribution < 1.29 is 9.53 Å². The molecule has 2 aliphatic rings. The molecular weight excluding hydrogens is 401 g/mol. The number of hydrogen-bond acceptors (Lipinski definition) is 3. The van der Waals surface area contributed by atoms with Crippen molar-refractivity contribution in [2.45, 2.75) is 44.2 Å². The van der Waals surface area contributed by atoms with Crippen LogP contribution in [0.1, 0.15) is 36.3 Å². The maximum atomic E-state index is 12.6. The first-order valence-corrected chi connectivity index (χ1v) is 9.55. The maximum absolute atomic E-state index is 12.6. The number of nitrogens with zero attached hydrogens (tertiary/aromatic N) is 1. The highest BCUT2D eigenvalue weighted by atomic mass is 127. The Morgan fingerprint density at radius 2 is 2.09 bits per heavy atom. The van der Waals surface area contributed by atoms with Crippen molar-refractivity contribution in [2.24, 2.45) is 5.92 Å². The molecule has 2 fully saturated rings. The molecule has 0 amide bonds. The Bertz CT molecular complexity index is 584. The summed E-state index contributed by atoms with van der Waals surface area (Å²) in [5.74, 6) is 0.175. The van der Waals surface area contributed by atoms with E-state index >= 15 is 0 Å². The molecule has 1 aromatic rings. The Hall–Kier alpha value is -0.880. The summed E-state index contributed by atoms with van der Waals surface area (Å²) >= 11 is 2.26. The zero-order valence-corrected chi connectivity index (χ0v) is 15.9. The van der Waals surface area contributed by atoms with E-state index in [4.69, 9.17) is 4.74 Å². The second-order valence-corrected chi connectivity index (χ2v) is 7.38. The molecule has 4 heteroatoms. The summed E-state index contributed by atoms with van der Waals surface area (Å²) in [6, 6.07) is 9.57. The van der Waals surface area contributed by atoms with Crippen molar-refractivity contribution in [3.05, 3.63) is 45.6 Å². The van der Waals surface area contributed by atoms with Gasteiger partial charge >= 0.3 is 5.97 Å². The predicted molar refractivity (Wildman–Crippen MR) is 101 cm³/mol. The standard InChI is InChI=1S/C19H24INO2/c1-13-4-6-14(7-5-13)16-12-15-8-9-17(18(16)19(22)23-2)21(15)11-3-10-20/h3-7,10,15-18H,8-9,11-12H2,1-2H3/b10-3+/t15-,16+,17-,18-/m0/s1. The molecule has 0 aliphatic carbocycles. The van der Waals surface area contributed by atoms with Gasteiger partial charge < -0.3 is 4.74 Å². The second kappa shape index (κ2) is 7.34.